The molecular weight excluding hydrogens is 274 g/mol. The summed E-state index contributed by atoms with van der Waals surface area (Å²) in [6.07, 6.45) is 0.542. The summed E-state index contributed by atoms with van der Waals surface area (Å²) in [6, 6.07) is 3.80. The van der Waals surface area contributed by atoms with Crippen molar-refractivity contribution in [2.24, 2.45) is 0 Å². The van der Waals surface area contributed by atoms with Crippen LogP contribution in [0.15, 0.2) is 12.1 Å². The van der Waals surface area contributed by atoms with Crippen LogP contribution in [0.2, 0.25) is 0 Å². The molecule has 1 atom stereocenters. The monoisotopic (exact) mass is 293 g/mol. The summed E-state index contributed by atoms with van der Waals surface area (Å²) in [5.41, 5.74) is 1.95. The Bertz CT molecular complexity index is 545. The minimum absolute atomic E-state index is 0.216. The van der Waals surface area contributed by atoms with Crippen LogP contribution in [-0.4, -0.2) is 42.0 Å². The van der Waals surface area contributed by atoms with Crippen LogP contribution < -0.4 is 9.47 Å². The lowest BCUT2D eigenvalue weighted by atomic mass is 10.1. The largest absolute Gasteiger partial charge is 0.461 e. The quantitative estimate of drug-likeness (QED) is 0.837. The zero-order valence-electron chi connectivity index (χ0n) is 12.0. The third kappa shape index (κ3) is 3.28. The van der Waals surface area contributed by atoms with Crippen LogP contribution in [0.25, 0.3) is 0 Å². The molecule has 1 saturated heterocycles. The fourth-order valence-electron chi connectivity index (χ4n) is 2.68. The molecule has 0 spiro atoms. The molecule has 0 radical (unpaired) electrons. The van der Waals surface area contributed by atoms with Crippen molar-refractivity contribution in [1.82, 2.24) is 4.90 Å². The Morgan fingerprint density at radius 3 is 2.71 bits per heavy atom. The van der Waals surface area contributed by atoms with Gasteiger partial charge in [-0.25, -0.2) is 0 Å². The number of β-amino-alcohol motifs (C(OH)–C–C–N with tert-alkyl or cyclic N) is 1. The summed E-state index contributed by atoms with van der Waals surface area (Å²) < 4.78 is 15.9. The fraction of sp³-hybridized carbons (Fsp3) is 0.533. The second-order valence-electron chi connectivity index (χ2n) is 5.43. The number of carbonyl (C=O) groups excluding carboxylic acids is 1. The molecule has 3 rings (SSSR count). The molecule has 0 amide bonds. The summed E-state index contributed by atoms with van der Waals surface area (Å²) in [4.78, 5) is 13.2. The van der Waals surface area contributed by atoms with Gasteiger partial charge in [0.2, 0.25) is 6.79 Å². The van der Waals surface area contributed by atoms with Crippen LogP contribution >= 0.6 is 0 Å². The van der Waals surface area contributed by atoms with E-state index in [-0.39, 0.29) is 25.5 Å². The molecule has 6 nitrogen and oxygen atoms in total. The first-order chi connectivity index (χ1) is 10.1. The van der Waals surface area contributed by atoms with Gasteiger partial charge in [-0.05, 0) is 29.7 Å². The minimum Gasteiger partial charge on any atom is -0.461 e. The van der Waals surface area contributed by atoms with Crippen LogP contribution in [0, 0.1) is 0 Å². The van der Waals surface area contributed by atoms with E-state index in [0.29, 0.717) is 18.8 Å². The zero-order chi connectivity index (χ0) is 14.8. The predicted octanol–water partition coefficient (Wildman–Crippen LogP) is 1.04. The summed E-state index contributed by atoms with van der Waals surface area (Å²) in [6.45, 7) is 4.06. The summed E-state index contributed by atoms with van der Waals surface area (Å²) in [5.74, 6) is 1.09. The molecule has 2 aliphatic rings. The molecule has 0 saturated carbocycles. The first kappa shape index (κ1) is 14.2. The van der Waals surface area contributed by atoms with Gasteiger partial charge in [0.25, 0.3) is 0 Å². The van der Waals surface area contributed by atoms with E-state index in [4.69, 9.17) is 14.2 Å². The van der Waals surface area contributed by atoms with E-state index in [1.165, 1.54) is 6.92 Å². The summed E-state index contributed by atoms with van der Waals surface area (Å²) in [5, 5.41) is 9.62. The van der Waals surface area contributed by atoms with Crippen molar-refractivity contribution in [2.75, 3.05) is 19.9 Å². The third-order valence-corrected chi connectivity index (χ3v) is 3.77. The van der Waals surface area contributed by atoms with Crippen molar-refractivity contribution in [2.45, 2.75) is 32.6 Å². The van der Waals surface area contributed by atoms with E-state index < -0.39 is 0 Å². The lowest BCUT2D eigenvalue weighted by Crippen LogP contribution is -2.22. The lowest BCUT2D eigenvalue weighted by molar-refractivity contribution is -0.142. The number of ether oxygens (including phenoxy) is 3. The Hall–Kier alpha value is -1.79. The lowest BCUT2D eigenvalue weighted by Gasteiger charge is -2.18. The van der Waals surface area contributed by atoms with Crippen molar-refractivity contribution in [1.29, 1.82) is 0 Å². The van der Waals surface area contributed by atoms with E-state index >= 15 is 0 Å². The topological polar surface area (TPSA) is 68.2 Å². The number of esters is 1. The van der Waals surface area contributed by atoms with Gasteiger partial charge >= 0.3 is 5.97 Å². The standard InChI is InChI=1S/C15H19NO5/c1-10(17)19-8-12-5-15-14(20-9-21-15)4-11(12)6-16-3-2-13(18)7-16/h4-5,13,18H,2-3,6-9H2,1H3. The normalized spacial score (nSPS) is 20.8. The molecule has 21 heavy (non-hydrogen) atoms. The maximum Gasteiger partial charge on any atom is 0.302 e. The SMILES string of the molecule is CC(=O)OCc1cc2c(cc1CN1CCC(O)C1)OCO2. The zero-order valence-corrected chi connectivity index (χ0v) is 12.0. The number of rotatable bonds is 4. The highest BCUT2D eigenvalue weighted by Crippen LogP contribution is 2.35. The number of aliphatic hydroxyl groups excluding tert-OH is 1. The molecule has 1 aromatic carbocycles. The van der Waals surface area contributed by atoms with Crippen molar-refractivity contribution in [3.05, 3.63) is 23.3 Å². The molecule has 6 heteroatoms. The third-order valence-electron chi connectivity index (χ3n) is 3.77. The van der Waals surface area contributed by atoms with Gasteiger partial charge in [0.1, 0.15) is 6.61 Å². The van der Waals surface area contributed by atoms with Gasteiger partial charge in [0, 0.05) is 26.6 Å². The molecular formula is C15H19NO5. The smallest absolute Gasteiger partial charge is 0.302 e. The van der Waals surface area contributed by atoms with Gasteiger partial charge in [-0.1, -0.05) is 0 Å². The molecule has 1 N–H and O–H groups in total. The van der Waals surface area contributed by atoms with Gasteiger partial charge in [0.05, 0.1) is 6.10 Å². The molecule has 0 bridgehead atoms. The molecule has 1 unspecified atom stereocenters. The highest BCUT2D eigenvalue weighted by molar-refractivity contribution is 5.66. The van der Waals surface area contributed by atoms with Crippen molar-refractivity contribution < 1.29 is 24.1 Å². The first-order valence-corrected chi connectivity index (χ1v) is 7.07. The highest BCUT2D eigenvalue weighted by Gasteiger charge is 2.23. The van der Waals surface area contributed by atoms with Crippen LogP contribution in [0.1, 0.15) is 24.5 Å². The number of aliphatic hydroxyl groups is 1. The van der Waals surface area contributed by atoms with Gasteiger partial charge in [-0.3, -0.25) is 9.69 Å². The number of hydrogen-bond donors (Lipinski definition) is 1. The Morgan fingerprint density at radius 2 is 2.10 bits per heavy atom. The van der Waals surface area contributed by atoms with Gasteiger partial charge < -0.3 is 19.3 Å². The predicted molar refractivity (Wildman–Crippen MR) is 73.9 cm³/mol. The second-order valence-corrected chi connectivity index (χ2v) is 5.43. The highest BCUT2D eigenvalue weighted by atomic mass is 16.7. The van der Waals surface area contributed by atoms with E-state index in [9.17, 15) is 9.90 Å². The fourth-order valence-corrected chi connectivity index (χ4v) is 2.68. The number of nitrogens with zero attached hydrogens (tertiary/aromatic N) is 1. The van der Waals surface area contributed by atoms with Crippen LogP contribution in [0.3, 0.4) is 0 Å². The van der Waals surface area contributed by atoms with E-state index in [0.717, 1.165) is 29.8 Å². The van der Waals surface area contributed by atoms with Gasteiger partial charge in [-0.2, -0.15) is 0 Å². The Labute approximate surface area is 123 Å². The van der Waals surface area contributed by atoms with Crippen molar-refractivity contribution in [3.8, 4) is 11.5 Å². The number of benzene rings is 1. The Balaban J connectivity index is 1.80. The molecule has 1 fully saturated rings. The van der Waals surface area contributed by atoms with E-state index in [2.05, 4.69) is 4.90 Å². The maximum absolute atomic E-state index is 11.0. The van der Waals surface area contributed by atoms with Crippen molar-refractivity contribution >= 4 is 5.97 Å². The van der Waals surface area contributed by atoms with Crippen LogP contribution in [0.5, 0.6) is 11.5 Å². The molecule has 0 aromatic heterocycles. The van der Waals surface area contributed by atoms with Gasteiger partial charge in [-0.15, -0.1) is 0 Å². The van der Waals surface area contributed by atoms with E-state index in [1.54, 1.807) is 0 Å². The molecule has 114 valence electrons. The second kappa shape index (κ2) is 5.91. The van der Waals surface area contributed by atoms with Crippen LogP contribution in [-0.2, 0) is 22.7 Å². The average molecular weight is 293 g/mol. The molecule has 0 aliphatic carbocycles. The molecule has 2 heterocycles. The first-order valence-electron chi connectivity index (χ1n) is 7.07. The van der Waals surface area contributed by atoms with Crippen LogP contribution in [0.4, 0.5) is 0 Å². The Kier molecular flexibility index (Phi) is 3.98. The summed E-state index contributed by atoms with van der Waals surface area (Å²) >= 11 is 0. The Morgan fingerprint density at radius 1 is 1.38 bits per heavy atom. The number of fused-ring (bicyclic) bond motifs is 1. The molecule has 2 aliphatic heterocycles. The number of carbonyl (C=O) groups is 1. The number of hydrogen-bond acceptors (Lipinski definition) is 6. The van der Waals surface area contributed by atoms with Crippen molar-refractivity contribution in [3.63, 3.8) is 0 Å². The maximum atomic E-state index is 11.0. The van der Waals surface area contributed by atoms with Gasteiger partial charge in [0.15, 0.2) is 11.5 Å². The summed E-state index contributed by atoms with van der Waals surface area (Å²) in [7, 11) is 0. The minimum atomic E-state index is -0.310. The molecule has 1 aromatic rings. The average Bonchev–Trinajstić information content (AvgIpc) is 3.04. The number of likely N-dealkylation sites (tertiary alicyclic amines) is 1. The van der Waals surface area contributed by atoms with E-state index in [1.807, 2.05) is 12.1 Å².